The lowest BCUT2D eigenvalue weighted by Gasteiger charge is -2.22. The highest BCUT2D eigenvalue weighted by Crippen LogP contribution is 2.32. The number of hydrogen-bond donors (Lipinski definition) is 1. The van der Waals surface area contributed by atoms with E-state index in [9.17, 15) is 4.79 Å². The molecule has 0 saturated heterocycles. The maximum absolute atomic E-state index is 10.8. The van der Waals surface area contributed by atoms with E-state index in [1.807, 2.05) is 18.2 Å². The Balaban J connectivity index is 2.42. The third-order valence-corrected chi connectivity index (χ3v) is 2.87. The topological polar surface area (TPSA) is 46.5 Å². The minimum Gasteiger partial charge on any atom is -0.488 e. The molecule has 1 aliphatic rings. The molecule has 0 aromatic heterocycles. The van der Waals surface area contributed by atoms with Gasteiger partial charge < -0.3 is 9.84 Å². The molecule has 0 spiro atoms. The molecule has 0 aliphatic carbocycles. The Kier molecular flexibility index (Phi) is 2.69. The van der Waals surface area contributed by atoms with Crippen LogP contribution in [-0.2, 0) is 10.2 Å². The molecule has 0 saturated carbocycles. The first-order valence-corrected chi connectivity index (χ1v) is 5.59. The van der Waals surface area contributed by atoms with Crippen molar-refractivity contribution in [3.05, 3.63) is 34.9 Å². The summed E-state index contributed by atoms with van der Waals surface area (Å²) < 4.78 is 5.48. The number of fused-ring (bicyclic) bond motifs is 1. The van der Waals surface area contributed by atoms with Crippen LogP contribution in [0.25, 0.3) is 6.08 Å². The number of benzene rings is 1. The van der Waals surface area contributed by atoms with Crippen LogP contribution < -0.4 is 4.74 Å². The van der Waals surface area contributed by atoms with Crippen LogP contribution in [0.5, 0.6) is 5.75 Å². The molecule has 1 N–H and O–H groups in total. The Bertz CT molecular complexity index is 493. The summed E-state index contributed by atoms with van der Waals surface area (Å²) in [4.78, 5) is 10.8. The molecule has 90 valence electrons. The van der Waals surface area contributed by atoms with Gasteiger partial charge in [0.25, 0.3) is 0 Å². The SMILES string of the molecule is CC(C)(C)c1ccc2c(c1)OCC(C(=O)O)=C2. The molecule has 0 radical (unpaired) electrons. The second kappa shape index (κ2) is 3.91. The van der Waals surface area contributed by atoms with E-state index < -0.39 is 5.97 Å². The summed E-state index contributed by atoms with van der Waals surface area (Å²) in [5.74, 6) is -0.155. The van der Waals surface area contributed by atoms with E-state index in [1.54, 1.807) is 6.08 Å². The van der Waals surface area contributed by atoms with Gasteiger partial charge in [0, 0.05) is 5.56 Å². The van der Waals surface area contributed by atoms with E-state index in [4.69, 9.17) is 9.84 Å². The highest BCUT2D eigenvalue weighted by Gasteiger charge is 2.20. The van der Waals surface area contributed by atoms with Crippen molar-refractivity contribution >= 4 is 12.0 Å². The molecule has 3 heteroatoms. The highest BCUT2D eigenvalue weighted by atomic mass is 16.5. The first-order valence-electron chi connectivity index (χ1n) is 5.59. The molecule has 1 aromatic carbocycles. The number of aliphatic carboxylic acids is 1. The lowest BCUT2D eigenvalue weighted by Crippen LogP contribution is -2.16. The molecule has 17 heavy (non-hydrogen) atoms. The monoisotopic (exact) mass is 232 g/mol. The maximum atomic E-state index is 10.8. The van der Waals surface area contributed by atoms with Crippen molar-refractivity contribution in [3.63, 3.8) is 0 Å². The molecule has 1 aliphatic heterocycles. The standard InChI is InChI=1S/C14H16O3/c1-14(2,3)11-5-4-9-6-10(13(15)16)8-17-12(9)7-11/h4-7H,8H2,1-3H3,(H,15,16). The summed E-state index contributed by atoms with van der Waals surface area (Å²) in [6, 6.07) is 5.92. The van der Waals surface area contributed by atoms with Crippen LogP contribution in [0.2, 0.25) is 0 Å². The van der Waals surface area contributed by atoms with Crippen molar-refractivity contribution < 1.29 is 14.6 Å². The number of carboxylic acids is 1. The van der Waals surface area contributed by atoms with Crippen molar-refractivity contribution in [1.29, 1.82) is 0 Å². The summed E-state index contributed by atoms with van der Waals surface area (Å²) in [7, 11) is 0. The van der Waals surface area contributed by atoms with Gasteiger partial charge >= 0.3 is 5.97 Å². The van der Waals surface area contributed by atoms with Crippen LogP contribution in [0.3, 0.4) is 0 Å². The first-order chi connectivity index (χ1) is 7.88. The molecule has 2 rings (SSSR count). The Morgan fingerprint density at radius 1 is 1.35 bits per heavy atom. The molecule has 0 atom stereocenters. The number of rotatable bonds is 1. The van der Waals surface area contributed by atoms with Gasteiger partial charge in [0.1, 0.15) is 12.4 Å². The smallest absolute Gasteiger partial charge is 0.335 e. The van der Waals surface area contributed by atoms with E-state index in [-0.39, 0.29) is 12.0 Å². The van der Waals surface area contributed by atoms with Crippen molar-refractivity contribution in [2.24, 2.45) is 0 Å². The zero-order valence-electron chi connectivity index (χ0n) is 10.3. The normalized spacial score (nSPS) is 14.6. The van der Waals surface area contributed by atoms with Crippen LogP contribution >= 0.6 is 0 Å². The number of hydrogen-bond acceptors (Lipinski definition) is 2. The molecular formula is C14H16O3. The average molecular weight is 232 g/mol. The zero-order valence-corrected chi connectivity index (χ0v) is 10.3. The summed E-state index contributed by atoms with van der Waals surface area (Å²) in [6.45, 7) is 6.54. The predicted molar refractivity (Wildman–Crippen MR) is 66.2 cm³/mol. The van der Waals surface area contributed by atoms with Crippen LogP contribution in [-0.4, -0.2) is 17.7 Å². The van der Waals surface area contributed by atoms with Crippen molar-refractivity contribution in [2.75, 3.05) is 6.61 Å². The van der Waals surface area contributed by atoms with Gasteiger partial charge in [-0.1, -0.05) is 32.9 Å². The molecule has 1 heterocycles. The van der Waals surface area contributed by atoms with Gasteiger partial charge in [-0.05, 0) is 23.1 Å². The van der Waals surface area contributed by atoms with Crippen LogP contribution in [0.4, 0.5) is 0 Å². The Labute approximate surface area is 101 Å². The van der Waals surface area contributed by atoms with Gasteiger partial charge in [0.2, 0.25) is 0 Å². The fourth-order valence-electron chi connectivity index (χ4n) is 1.75. The van der Waals surface area contributed by atoms with E-state index in [0.717, 1.165) is 11.3 Å². The summed E-state index contributed by atoms with van der Waals surface area (Å²) in [6.07, 6.45) is 1.67. The Hall–Kier alpha value is -1.77. The van der Waals surface area contributed by atoms with Gasteiger partial charge in [-0.2, -0.15) is 0 Å². The Morgan fingerprint density at radius 2 is 2.06 bits per heavy atom. The first kappa shape index (κ1) is 11.7. The van der Waals surface area contributed by atoms with Gasteiger partial charge in [0.05, 0.1) is 5.57 Å². The number of ether oxygens (including phenoxy) is 1. The minimum absolute atomic E-state index is 0.0647. The molecular weight excluding hydrogens is 216 g/mol. The molecule has 1 aromatic rings. The minimum atomic E-state index is -0.921. The van der Waals surface area contributed by atoms with E-state index in [0.29, 0.717) is 5.57 Å². The Morgan fingerprint density at radius 3 is 2.65 bits per heavy atom. The summed E-state index contributed by atoms with van der Waals surface area (Å²) in [5, 5.41) is 8.90. The van der Waals surface area contributed by atoms with Gasteiger partial charge in [-0.15, -0.1) is 0 Å². The lowest BCUT2D eigenvalue weighted by molar-refractivity contribution is -0.132. The van der Waals surface area contributed by atoms with Gasteiger partial charge in [0.15, 0.2) is 0 Å². The third-order valence-electron chi connectivity index (χ3n) is 2.87. The average Bonchev–Trinajstić information content (AvgIpc) is 2.26. The van der Waals surface area contributed by atoms with Crippen LogP contribution in [0, 0.1) is 0 Å². The maximum Gasteiger partial charge on any atom is 0.335 e. The largest absolute Gasteiger partial charge is 0.488 e. The highest BCUT2D eigenvalue weighted by molar-refractivity contribution is 5.93. The van der Waals surface area contributed by atoms with Gasteiger partial charge in [-0.3, -0.25) is 0 Å². The fraction of sp³-hybridized carbons (Fsp3) is 0.357. The van der Waals surface area contributed by atoms with Crippen LogP contribution in [0.15, 0.2) is 23.8 Å². The second-order valence-electron chi connectivity index (χ2n) is 5.27. The lowest BCUT2D eigenvalue weighted by atomic mass is 9.86. The molecule has 0 bridgehead atoms. The van der Waals surface area contributed by atoms with Crippen molar-refractivity contribution in [2.45, 2.75) is 26.2 Å². The second-order valence-corrected chi connectivity index (χ2v) is 5.27. The third kappa shape index (κ3) is 2.33. The van der Waals surface area contributed by atoms with E-state index in [2.05, 4.69) is 20.8 Å². The van der Waals surface area contributed by atoms with Gasteiger partial charge in [-0.25, -0.2) is 4.79 Å². The van der Waals surface area contributed by atoms with Crippen molar-refractivity contribution in [1.82, 2.24) is 0 Å². The zero-order chi connectivity index (χ0) is 12.6. The molecule has 3 nitrogen and oxygen atoms in total. The quantitative estimate of drug-likeness (QED) is 0.809. The van der Waals surface area contributed by atoms with Crippen molar-refractivity contribution in [3.8, 4) is 5.75 Å². The van der Waals surface area contributed by atoms with Crippen LogP contribution in [0.1, 0.15) is 31.9 Å². The number of carbonyl (C=O) groups is 1. The molecule has 0 fully saturated rings. The molecule has 0 amide bonds. The fourth-order valence-corrected chi connectivity index (χ4v) is 1.75. The summed E-state index contributed by atoms with van der Waals surface area (Å²) >= 11 is 0. The summed E-state index contributed by atoms with van der Waals surface area (Å²) in [5.41, 5.74) is 2.38. The molecule has 0 unspecified atom stereocenters. The number of carboxylic acid groups (broad SMARTS) is 1. The van der Waals surface area contributed by atoms with E-state index >= 15 is 0 Å². The van der Waals surface area contributed by atoms with E-state index in [1.165, 1.54) is 5.56 Å². The predicted octanol–water partition coefficient (Wildman–Crippen LogP) is 2.84.